The molecule has 0 saturated carbocycles. The van der Waals surface area contributed by atoms with Crippen molar-refractivity contribution in [3.05, 3.63) is 71.6 Å². The highest BCUT2D eigenvalue weighted by molar-refractivity contribution is 6.31. The van der Waals surface area contributed by atoms with Gasteiger partial charge in [0.2, 0.25) is 12.3 Å². The predicted molar refractivity (Wildman–Crippen MR) is 98.5 cm³/mol. The lowest BCUT2D eigenvalue weighted by atomic mass is 10.2. The molecule has 0 aliphatic heterocycles. The Hall–Kier alpha value is -3.12. The van der Waals surface area contributed by atoms with Crippen molar-refractivity contribution in [2.24, 2.45) is 0 Å². The number of carbonyl (C=O) groups is 1. The fourth-order valence-electron chi connectivity index (χ4n) is 2.88. The maximum absolute atomic E-state index is 12.5. The Kier molecular flexibility index (Phi) is 4.41. The van der Waals surface area contributed by atoms with Crippen molar-refractivity contribution in [3.8, 4) is 11.6 Å². The van der Waals surface area contributed by atoms with Crippen LogP contribution in [0.3, 0.4) is 0 Å². The van der Waals surface area contributed by atoms with Crippen LogP contribution in [-0.2, 0) is 17.9 Å². The number of rotatable bonds is 5. The molecule has 0 saturated heterocycles. The standard InChI is InChI=1S/C19H15ClN4O2/c20-15-7-3-1-6-14(15)10-21-18(25)11-24-16-8-4-2-5-13(16)9-17(24)19-23-22-12-26-19/h1-9,12H,10-11H2,(H,21,25). The molecule has 4 aromatic rings. The Morgan fingerprint density at radius 1 is 1.15 bits per heavy atom. The lowest BCUT2D eigenvalue weighted by Crippen LogP contribution is -2.27. The van der Waals surface area contributed by atoms with E-state index < -0.39 is 0 Å². The van der Waals surface area contributed by atoms with Gasteiger partial charge in [0.1, 0.15) is 12.2 Å². The molecule has 0 atom stereocenters. The van der Waals surface area contributed by atoms with Crippen LogP contribution >= 0.6 is 11.6 Å². The van der Waals surface area contributed by atoms with E-state index in [1.165, 1.54) is 6.39 Å². The third kappa shape index (κ3) is 3.19. The average molecular weight is 367 g/mol. The second kappa shape index (κ2) is 7.01. The molecule has 1 N–H and O–H groups in total. The largest absolute Gasteiger partial charge is 0.422 e. The van der Waals surface area contributed by atoms with Crippen LogP contribution in [0.4, 0.5) is 0 Å². The molecule has 0 aliphatic carbocycles. The number of hydrogen-bond donors (Lipinski definition) is 1. The lowest BCUT2D eigenvalue weighted by molar-refractivity contribution is -0.121. The molecule has 6 nitrogen and oxygen atoms in total. The molecule has 0 spiro atoms. The molecule has 4 rings (SSSR count). The smallest absolute Gasteiger partial charge is 0.264 e. The maximum atomic E-state index is 12.5. The number of nitrogens with zero attached hydrogens (tertiary/aromatic N) is 3. The van der Waals surface area contributed by atoms with Gasteiger partial charge in [-0.3, -0.25) is 4.79 Å². The molecule has 130 valence electrons. The van der Waals surface area contributed by atoms with Crippen LogP contribution in [-0.4, -0.2) is 20.7 Å². The van der Waals surface area contributed by atoms with Gasteiger partial charge in [0.05, 0.1) is 0 Å². The molecule has 0 radical (unpaired) electrons. The number of halogens is 1. The topological polar surface area (TPSA) is 73.0 Å². The highest BCUT2D eigenvalue weighted by Crippen LogP contribution is 2.26. The Morgan fingerprint density at radius 3 is 2.77 bits per heavy atom. The highest BCUT2D eigenvalue weighted by Gasteiger charge is 2.16. The summed E-state index contributed by atoms with van der Waals surface area (Å²) < 4.78 is 7.19. The van der Waals surface area contributed by atoms with Crippen molar-refractivity contribution in [2.45, 2.75) is 13.1 Å². The van der Waals surface area contributed by atoms with Crippen molar-refractivity contribution in [1.29, 1.82) is 0 Å². The predicted octanol–water partition coefficient (Wildman–Crippen LogP) is 3.66. The van der Waals surface area contributed by atoms with Crippen LogP contribution < -0.4 is 5.32 Å². The monoisotopic (exact) mass is 366 g/mol. The number of aromatic nitrogens is 3. The second-order valence-corrected chi connectivity index (χ2v) is 6.19. The van der Waals surface area contributed by atoms with Crippen LogP contribution in [0.15, 0.2) is 65.4 Å². The van der Waals surface area contributed by atoms with Crippen LogP contribution in [0.1, 0.15) is 5.56 Å². The number of benzene rings is 2. The molecular weight excluding hydrogens is 352 g/mol. The Labute approximate surface area is 154 Å². The van der Waals surface area contributed by atoms with E-state index >= 15 is 0 Å². The minimum atomic E-state index is -0.132. The Balaban J connectivity index is 1.59. The summed E-state index contributed by atoms with van der Waals surface area (Å²) in [6, 6.07) is 17.2. The van der Waals surface area contributed by atoms with E-state index in [1.54, 1.807) is 6.07 Å². The molecule has 1 amide bonds. The molecule has 2 heterocycles. The van der Waals surface area contributed by atoms with Gasteiger partial charge in [0.15, 0.2) is 0 Å². The summed E-state index contributed by atoms with van der Waals surface area (Å²) in [5, 5.41) is 12.2. The third-order valence-corrected chi connectivity index (χ3v) is 4.49. The summed E-state index contributed by atoms with van der Waals surface area (Å²) >= 11 is 6.14. The van der Waals surface area contributed by atoms with Crippen molar-refractivity contribution in [2.75, 3.05) is 0 Å². The molecule has 0 fully saturated rings. The van der Waals surface area contributed by atoms with Gasteiger partial charge < -0.3 is 14.3 Å². The zero-order valence-corrected chi connectivity index (χ0v) is 14.5. The van der Waals surface area contributed by atoms with Crippen LogP contribution in [0, 0.1) is 0 Å². The fourth-order valence-corrected chi connectivity index (χ4v) is 3.08. The van der Waals surface area contributed by atoms with Gasteiger partial charge in [-0.15, -0.1) is 10.2 Å². The van der Waals surface area contributed by atoms with Gasteiger partial charge in [-0.2, -0.15) is 0 Å². The first-order chi connectivity index (χ1) is 12.7. The summed E-state index contributed by atoms with van der Waals surface area (Å²) in [5.41, 5.74) is 2.50. The molecule has 2 aromatic carbocycles. The molecule has 0 bridgehead atoms. The van der Waals surface area contributed by atoms with Gasteiger partial charge in [0.25, 0.3) is 5.89 Å². The van der Waals surface area contributed by atoms with E-state index in [1.807, 2.05) is 53.1 Å². The van der Waals surface area contributed by atoms with Gasteiger partial charge in [-0.1, -0.05) is 48.0 Å². The molecule has 0 unspecified atom stereocenters. The van der Waals surface area contributed by atoms with E-state index in [0.717, 1.165) is 16.5 Å². The zero-order chi connectivity index (χ0) is 17.9. The molecule has 0 aliphatic rings. The van der Waals surface area contributed by atoms with E-state index in [9.17, 15) is 4.79 Å². The van der Waals surface area contributed by atoms with Gasteiger partial charge in [0, 0.05) is 22.5 Å². The minimum absolute atomic E-state index is 0.132. The molecular formula is C19H15ClN4O2. The molecule has 26 heavy (non-hydrogen) atoms. The summed E-state index contributed by atoms with van der Waals surface area (Å²) in [6.45, 7) is 0.503. The maximum Gasteiger partial charge on any atom is 0.264 e. The SMILES string of the molecule is O=C(Cn1c(-c2nnco2)cc2ccccc21)NCc1ccccc1Cl. The Bertz CT molecular complexity index is 1060. The summed E-state index contributed by atoms with van der Waals surface area (Å²) in [7, 11) is 0. The van der Waals surface area contributed by atoms with Crippen molar-refractivity contribution < 1.29 is 9.21 Å². The number of hydrogen-bond acceptors (Lipinski definition) is 4. The summed E-state index contributed by atoms with van der Waals surface area (Å²) in [6.07, 6.45) is 1.27. The normalized spacial score (nSPS) is 11.0. The van der Waals surface area contributed by atoms with Gasteiger partial charge >= 0.3 is 0 Å². The number of amides is 1. The van der Waals surface area contributed by atoms with E-state index in [-0.39, 0.29) is 12.5 Å². The van der Waals surface area contributed by atoms with Crippen molar-refractivity contribution in [1.82, 2.24) is 20.1 Å². The number of fused-ring (bicyclic) bond motifs is 1. The number of para-hydroxylation sites is 1. The fraction of sp³-hybridized carbons (Fsp3) is 0.105. The minimum Gasteiger partial charge on any atom is -0.422 e. The first-order valence-electron chi connectivity index (χ1n) is 8.07. The zero-order valence-electron chi connectivity index (χ0n) is 13.7. The van der Waals surface area contributed by atoms with Crippen LogP contribution in [0.25, 0.3) is 22.5 Å². The first-order valence-corrected chi connectivity index (χ1v) is 8.45. The van der Waals surface area contributed by atoms with Crippen molar-refractivity contribution >= 4 is 28.4 Å². The average Bonchev–Trinajstić information content (AvgIpc) is 3.29. The van der Waals surface area contributed by atoms with E-state index in [4.69, 9.17) is 16.0 Å². The molecule has 7 heteroatoms. The van der Waals surface area contributed by atoms with Crippen LogP contribution in [0.5, 0.6) is 0 Å². The molecule has 2 aromatic heterocycles. The van der Waals surface area contributed by atoms with E-state index in [2.05, 4.69) is 15.5 Å². The Morgan fingerprint density at radius 2 is 1.96 bits per heavy atom. The summed E-state index contributed by atoms with van der Waals surface area (Å²) in [5.74, 6) is 0.243. The second-order valence-electron chi connectivity index (χ2n) is 5.79. The lowest BCUT2D eigenvalue weighted by Gasteiger charge is -2.10. The van der Waals surface area contributed by atoms with Gasteiger partial charge in [-0.05, 0) is 23.8 Å². The van der Waals surface area contributed by atoms with Gasteiger partial charge in [-0.25, -0.2) is 0 Å². The number of carbonyl (C=O) groups excluding carboxylic acids is 1. The van der Waals surface area contributed by atoms with Crippen molar-refractivity contribution in [3.63, 3.8) is 0 Å². The van der Waals surface area contributed by atoms with Crippen LogP contribution in [0.2, 0.25) is 5.02 Å². The highest BCUT2D eigenvalue weighted by atomic mass is 35.5. The third-order valence-electron chi connectivity index (χ3n) is 4.13. The number of nitrogens with one attached hydrogen (secondary N) is 1. The summed E-state index contributed by atoms with van der Waals surface area (Å²) in [4.78, 5) is 12.5. The first kappa shape index (κ1) is 16.4. The van der Waals surface area contributed by atoms with E-state index in [0.29, 0.717) is 23.2 Å². The quantitative estimate of drug-likeness (QED) is 0.585.